The fourth-order valence-corrected chi connectivity index (χ4v) is 2.30. The Hall–Kier alpha value is -1.95. The molecule has 0 bridgehead atoms. The summed E-state index contributed by atoms with van der Waals surface area (Å²) in [6.07, 6.45) is 2.61. The van der Waals surface area contributed by atoms with Gasteiger partial charge in [0.25, 0.3) is 5.91 Å². The minimum absolute atomic E-state index is 0.00746. The van der Waals surface area contributed by atoms with Gasteiger partial charge in [-0.05, 0) is 44.4 Å². The molecule has 0 atom stereocenters. The van der Waals surface area contributed by atoms with Crippen LogP contribution in [0.4, 0.5) is 0 Å². The molecule has 21 heavy (non-hydrogen) atoms. The highest BCUT2D eigenvalue weighted by Gasteiger charge is 2.13. The molecule has 0 unspecified atom stereocenters. The number of aliphatic hydroxyl groups is 1. The van der Waals surface area contributed by atoms with E-state index in [0.717, 1.165) is 36.8 Å². The van der Waals surface area contributed by atoms with Crippen molar-refractivity contribution in [1.29, 1.82) is 0 Å². The Kier molecular flexibility index (Phi) is 5.27. The molecule has 0 spiro atoms. The highest BCUT2D eigenvalue weighted by atomic mass is 16.2. The lowest BCUT2D eigenvalue weighted by molar-refractivity contribution is 0.0792. The highest BCUT2D eigenvalue weighted by Crippen LogP contribution is 2.15. The van der Waals surface area contributed by atoms with Crippen LogP contribution in [0.2, 0.25) is 0 Å². The van der Waals surface area contributed by atoms with Crippen LogP contribution in [0.5, 0.6) is 0 Å². The maximum Gasteiger partial charge on any atom is 0.253 e. The largest absolute Gasteiger partial charge is 0.396 e. The van der Waals surface area contributed by atoms with Crippen LogP contribution in [-0.4, -0.2) is 51.1 Å². The first-order valence-corrected chi connectivity index (χ1v) is 7.37. The maximum atomic E-state index is 12.3. The topological polar surface area (TPSA) is 71.2 Å². The van der Waals surface area contributed by atoms with Crippen molar-refractivity contribution in [1.82, 2.24) is 19.9 Å². The van der Waals surface area contributed by atoms with Crippen LogP contribution in [0.25, 0.3) is 11.0 Å². The second-order valence-corrected chi connectivity index (χ2v) is 5.12. The summed E-state index contributed by atoms with van der Waals surface area (Å²) in [5.74, 6) is -0.00746. The van der Waals surface area contributed by atoms with Crippen LogP contribution in [0.15, 0.2) is 18.2 Å². The molecule has 0 aliphatic carbocycles. The van der Waals surface area contributed by atoms with Crippen LogP contribution in [0.3, 0.4) is 0 Å². The molecule has 114 valence electrons. The van der Waals surface area contributed by atoms with Crippen LogP contribution in [0, 0.1) is 0 Å². The highest BCUT2D eigenvalue weighted by molar-refractivity contribution is 5.97. The van der Waals surface area contributed by atoms with Crippen molar-refractivity contribution in [2.45, 2.75) is 32.7 Å². The molecule has 0 aliphatic rings. The number of aliphatic hydroxyl groups excluding tert-OH is 1. The number of fused-ring (bicyclic) bond motifs is 1. The van der Waals surface area contributed by atoms with Gasteiger partial charge < -0.3 is 10.0 Å². The standard InChI is InChI=1S/C15H22N4O2/c1-3-19-14-8-7-12(11-13(14)16-17-19)15(21)18(2)9-5-4-6-10-20/h7-8,11,20H,3-6,9-10H2,1-2H3. The van der Waals surface area contributed by atoms with E-state index >= 15 is 0 Å². The predicted molar refractivity (Wildman–Crippen MR) is 81.1 cm³/mol. The van der Waals surface area contributed by atoms with E-state index < -0.39 is 0 Å². The SMILES string of the molecule is CCn1nnc2cc(C(=O)N(C)CCCCCO)ccc21. The molecule has 6 nitrogen and oxygen atoms in total. The number of benzene rings is 1. The number of hydrogen-bond acceptors (Lipinski definition) is 4. The lowest BCUT2D eigenvalue weighted by Gasteiger charge is -2.17. The van der Waals surface area contributed by atoms with Crippen LogP contribution in [-0.2, 0) is 6.54 Å². The lowest BCUT2D eigenvalue weighted by Crippen LogP contribution is -2.27. The summed E-state index contributed by atoms with van der Waals surface area (Å²) >= 11 is 0. The predicted octanol–water partition coefficient (Wildman–Crippen LogP) is 1.69. The van der Waals surface area contributed by atoms with E-state index in [1.54, 1.807) is 18.0 Å². The molecule has 2 rings (SSSR count). The summed E-state index contributed by atoms with van der Waals surface area (Å²) in [5, 5.41) is 16.9. The Bertz CT molecular complexity index is 609. The van der Waals surface area contributed by atoms with Gasteiger partial charge in [0.2, 0.25) is 0 Å². The number of aryl methyl sites for hydroxylation is 1. The molecular formula is C15H22N4O2. The number of carbonyl (C=O) groups is 1. The second kappa shape index (κ2) is 7.17. The van der Waals surface area contributed by atoms with Gasteiger partial charge in [0.15, 0.2) is 0 Å². The number of amides is 1. The molecule has 6 heteroatoms. The van der Waals surface area contributed by atoms with E-state index in [0.29, 0.717) is 12.1 Å². The zero-order chi connectivity index (χ0) is 15.2. The van der Waals surface area contributed by atoms with E-state index in [9.17, 15) is 4.79 Å². The van der Waals surface area contributed by atoms with Gasteiger partial charge in [-0.15, -0.1) is 5.10 Å². The Morgan fingerprint density at radius 3 is 2.86 bits per heavy atom. The van der Waals surface area contributed by atoms with Crippen molar-refractivity contribution in [3.05, 3.63) is 23.8 Å². The Morgan fingerprint density at radius 1 is 1.33 bits per heavy atom. The molecule has 2 aromatic rings. The van der Waals surface area contributed by atoms with Gasteiger partial charge >= 0.3 is 0 Å². The smallest absolute Gasteiger partial charge is 0.253 e. The third kappa shape index (κ3) is 3.58. The van der Waals surface area contributed by atoms with E-state index in [4.69, 9.17) is 5.11 Å². The average Bonchev–Trinajstić information content (AvgIpc) is 2.92. The van der Waals surface area contributed by atoms with E-state index in [2.05, 4.69) is 10.3 Å². The van der Waals surface area contributed by atoms with Crippen LogP contribution < -0.4 is 0 Å². The Labute approximate surface area is 124 Å². The first-order valence-electron chi connectivity index (χ1n) is 7.37. The summed E-state index contributed by atoms with van der Waals surface area (Å²) in [6.45, 7) is 3.67. The monoisotopic (exact) mass is 290 g/mol. The van der Waals surface area contributed by atoms with Crippen molar-refractivity contribution in [3.8, 4) is 0 Å². The van der Waals surface area contributed by atoms with Gasteiger partial charge in [0.05, 0.1) is 5.52 Å². The molecule has 1 N–H and O–H groups in total. The molecule has 0 radical (unpaired) electrons. The van der Waals surface area contributed by atoms with Crippen LogP contribution >= 0.6 is 0 Å². The van der Waals surface area contributed by atoms with Crippen molar-refractivity contribution >= 4 is 16.9 Å². The minimum Gasteiger partial charge on any atom is -0.396 e. The third-order valence-electron chi connectivity index (χ3n) is 3.56. The summed E-state index contributed by atoms with van der Waals surface area (Å²) in [5.41, 5.74) is 2.33. The quantitative estimate of drug-likeness (QED) is 0.788. The van der Waals surface area contributed by atoms with Gasteiger partial charge in [-0.3, -0.25) is 4.79 Å². The number of hydrogen-bond donors (Lipinski definition) is 1. The molecule has 1 aromatic heterocycles. The maximum absolute atomic E-state index is 12.3. The third-order valence-corrected chi connectivity index (χ3v) is 3.56. The first kappa shape index (κ1) is 15.4. The molecule has 0 saturated carbocycles. The van der Waals surface area contributed by atoms with Gasteiger partial charge in [-0.25, -0.2) is 4.68 Å². The van der Waals surface area contributed by atoms with Crippen molar-refractivity contribution in [3.63, 3.8) is 0 Å². The number of nitrogens with zero attached hydrogens (tertiary/aromatic N) is 4. The fourth-order valence-electron chi connectivity index (χ4n) is 2.30. The zero-order valence-corrected chi connectivity index (χ0v) is 12.6. The Balaban J connectivity index is 2.05. The molecule has 0 saturated heterocycles. The van der Waals surface area contributed by atoms with Gasteiger partial charge in [-0.2, -0.15) is 0 Å². The lowest BCUT2D eigenvalue weighted by atomic mass is 10.1. The van der Waals surface area contributed by atoms with E-state index in [-0.39, 0.29) is 12.5 Å². The number of carbonyl (C=O) groups excluding carboxylic acids is 1. The number of unbranched alkanes of at least 4 members (excludes halogenated alkanes) is 2. The number of rotatable bonds is 7. The van der Waals surface area contributed by atoms with Crippen molar-refractivity contribution < 1.29 is 9.90 Å². The average molecular weight is 290 g/mol. The normalized spacial score (nSPS) is 11.0. The minimum atomic E-state index is -0.00746. The Morgan fingerprint density at radius 2 is 2.14 bits per heavy atom. The van der Waals surface area contributed by atoms with Crippen molar-refractivity contribution in [2.24, 2.45) is 0 Å². The van der Waals surface area contributed by atoms with E-state index in [1.165, 1.54) is 0 Å². The molecule has 0 aliphatic heterocycles. The molecule has 1 amide bonds. The van der Waals surface area contributed by atoms with E-state index in [1.807, 2.05) is 23.7 Å². The van der Waals surface area contributed by atoms with Gasteiger partial charge in [-0.1, -0.05) is 5.21 Å². The van der Waals surface area contributed by atoms with Crippen molar-refractivity contribution in [2.75, 3.05) is 20.2 Å². The molecular weight excluding hydrogens is 268 g/mol. The second-order valence-electron chi connectivity index (χ2n) is 5.12. The molecule has 1 heterocycles. The fraction of sp³-hybridized carbons (Fsp3) is 0.533. The first-order chi connectivity index (χ1) is 10.2. The van der Waals surface area contributed by atoms with Gasteiger partial charge in [0.1, 0.15) is 5.52 Å². The van der Waals surface area contributed by atoms with Crippen LogP contribution in [0.1, 0.15) is 36.5 Å². The number of aromatic nitrogens is 3. The zero-order valence-electron chi connectivity index (χ0n) is 12.6. The van der Waals surface area contributed by atoms with Gasteiger partial charge in [0, 0.05) is 32.3 Å². The molecule has 0 fully saturated rings. The summed E-state index contributed by atoms with van der Waals surface area (Å²) in [6, 6.07) is 5.51. The summed E-state index contributed by atoms with van der Waals surface area (Å²) in [4.78, 5) is 14.1. The molecule has 1 aromatic carbocycles. The summed E-state index contributed by atoms with van der Waals surface area (Å²) < 4.78 is 1.81. The summed E-state index contributed by atoms with van der Waals surface area (Å²) in [7, 11) is 1.80.